The zero-order valence-electron chi connectivity index (χ0n) is 10.1. The Morgan fingerprint density at radius 1 is 1.42 bits per heavy atom. The van der Waals surface area contributed by atoms with E-state index < -0.39 is 18.3 Å². The zero-order chi connectivity index (χ0) is 13.6. The van der Waals surface area contributed by atoms with Gasteiger partial charge < -0.3 is 4.90 Å². The van der Waals surface area contributed by atoms with Gasteiger partial charge in [0.1, 0.15) is 17.7 Å². The lowest BCUT2D eigenvalue weighted by Gasteiger charge is -2.38. The van der Waals surface area contributed by atoms with Crippen molar-refractivity contribution in [3.8, 4) is 0 Å². The topological polar surface area (TPSA) is 29.0 Å². The van der Waals surface area contributed by atoms with Crippen molar-refractivity contribution in [1.29, 1.82) is 0 Å². The van der Waals surface area contributed by atoms with Crippen molar-refractivity contribution in [2.45, 2.75) is 43.8 Å². The summed E-state index contributed by atoms with van der Waals surface area (Å²) in [7, 11) is 0. The predicted molar refractivity (Wildman–Crippen MR) is 65.4 cm³/mol. The average molecular weight is 292 g/mol. The quantitative estimate of drug-likeness (QED) is 0.834. The molecule has 0 radical (unpaired) electrons. The van der Waals surface area contributed by atoms with Crippen molar-refractivity contribution >= 4 is 17.4 Å². The van der Waals surface area contributed by atoms with E-state index in [1.807, 2.05) is 4.90 Å². The third-order valence-electron chi connectivity index (χ3n) is 3.89. The van der Waals surface area contributed by atoms with Crippen LogP contribution < -0.4 is 4.90 Å². The fraction of sp³-hybridized carbons (Fsp3) is 0.667. The number of alkyl halides is 3. The molecule has 0 N–H and O–H groups in total. The summed E-state index contributed by atoms with van der Waals surface area (Å²) in [5.41, 5.74) is -0.696. The van der Waals surface area contributed by atoms with E-state index in [0.29, 0.717) is 25.2 Å². The van der Waals surface area contributed by atoms with E-state index >= 15 is 0 Å². The van der Waals surface area contributed by atoms with Crippen LogP contribution in [0.5, 0.6) is 0 Å². The van der Waals surface area contributed by atoms with Crippen molar-refractivity contribution in [3.63, 3.8) is 0 Å². The molecule has 2 aliphatic rings. The number of aromatic nitrogens is 2. The molecule has 1 aliphatic heterocycles. The molecule has 3 nitrogen and oxygen atoms in total. The molecule has 0 aromatic carbocycles. The van der Waals surface area contributed by atoms with Crippen LogP contribution in [0.25, 0.3) is 0 Å². The lowest BCUT2D eigenvalue weighted by molar-refractivity contribution is 0.145. The number of halogens is 4. The van der Waals surface area contributed by atoms with Gasteiger partial charge in [-0.1, -0.05) is 11.6 Å². The van der Waals surface area contributed by atoms with Crippen LogP contribution in [0.15, 0.2) is 6.20 Å². The van der Waals surface area contributed by atoms with Crippen LogP contribution >= 0.6 is 11.6 Å². The largest absolute Gasteiger partial charge is 0.349 e. The number of rotatable bonds is 2. The van der Waals surface area contributed by atoms with Crippen molar-refractivity contribution < 1.29 is 13.2 Å². The Morgan fingerprint density at radius 2 is 2.16 bits per heavy atom. The molecule has 2 fully saturated rings. The van der Waals surface area contributed by atoms with Crippen LogP contribution in [0.1, 0.15) is 37.8 Å². The first-order chi connectivity index (χ1) is 9.02. The van der Waals surface area contributed by atoms with Crippen LogP contribution in [0.2, 0.25) is 5.15 Å². The van der Waals surface area contributed by atoms with Gasteiger partial charge in [0.25, 0.3) is 6.43 Å². The maximum atomic E-state index is 13.5. The third-order valence-corrected chi connectivity index (χ3v) is 4.17. The summed E-state index contributed by atoms with van der Waals surface area (Å²) in [6, 6.07) is 0. The molecule has 1 saturated carbocycles. The molecule has 1 unspecified atom stereocenters. The van der Waals surface area contributed by atoms with Crippen molar-refractivity contribution in [2.75, 3.05) is 11.4 Å². The first kappa shape index (κ1) is 13.0. The minimum absolute atomic E-state index is 0.192. The van der Waals surface area contributed by atoms with E-state index in [0.717, 1.165) is 12.8 Å². The summed E-state index contributed by atoms with van der Waals surface area (Å²) in [5, 5.41) is -0.273. The van der Waals surface area contributed by atoms with Gasteiger partial charge in [0.15, 0.2) is 5.15 Å². The lowest BCUT2D eigenvalue weighted by atomic mass is 9.98. The summed E-state index contributed by atoms with van der Waals surface area (Å²) in [4.78, 5) is 9.66. The fourth-order valence-electron chi connectivity index (χ4n) is 2.75. The predicted octanol–water partition coefficient (Wildman–Crippen LogP) is 3.54. The molecular formula is C12H13ClF3N3. The maximum Gasteiger partial charge on any atom is 0.283 e. The van der Waals surface area contributed by atoms with Gasteiger partial charge in [-0.3, -0.25) is 0 Å². The molecule has 0 amide bonds. The first-order valence-corrected chi connectivity index (χ1v) is 6.62. The molecule has 1 aromatic rings. The van der Waals surface area contributed by atoms with Crippen LogP contribution in [0, 0.1) is 0 Å². The van der Waals surface area contributed by atoms with Crippen molar-refractivity contribution in [2.24, 2.45) is 0 Å². The maximum absolute atomic E-state index is 13.5. The average Bonchev–Trinajstić information content (AvgIpc) is 3.08. The van der Waals surface area contributed by atoms with E-state index in [9.17, 15) is 13.2 Å². The van der Waals surface area contributed by atoms with Gasteiger partial charge in [0, 0.05) is 18.5 Å². The minimum Gasteiger partial charge on any atom is -0.349 e. The van der Waals surface area contributed by atoms with E-state index in [2.05, 4.69) is 9.97 Å². The molecule has 1 aliphatic carbocycles. The monoisotopic (exact) mass is 291 g/mol. The normalized spacial score (nSPS) is 25.1. The van der Waals surface area contributed by atoms with Gasteiger partial charge >= 0.3 is 0 Å². The van der Waals surface area contributed by atoms with Gasteiger partial charge in [-0.05, 0) is 19.3 Å². The summed E-state index contributed by atoms with van der Waals surface area (Å²) < 4.78 is 38.6. The number of nitrogens with zero attached hydrogens (tertiary/aromatic N) is 3. The highest BCUT2D eigenvalue weighted by atomic mass is 35.5. The molecular weight excluding hydrogens is 279 g/mol. The molecule has 1 aromatic heterocycles. The second-order valence-electron chi connectivity index (χ2n) is 5.17. The van der Waals surface area contributed by atoms with Gasteiger partial charge in [-0.15, -0.1) is 0 Å². The Morgan fingerprint density at radius 3 is 2.74 bits per heavy atom. The van der Waals surface area contributed by atoms with Gasteiger partial charge in [0.2, 0.25) is 0 Å². The fourth-order valence-corrected chi connectivity index (χ4v) is 2.97. The van der Waals surface area contributed by atoms with E-state index in [1.165, 1.54) is 6.20 Å². The Balaban J connectivity index is 1.88. The third kappa shape index (κ3) is 2.26. The zero-order valence-corrected chi connectivity index (χ0v) is 10.9. The second-order valence-corrected chi connectivity index (χ2v) is 5.53. The molecule has 1 spiro atoms. The lowest BCUT2D eigenvalue weighted by Crippen LogP contribution is -2.46. The van der Waals surface area contributed by atoms with Crippen molar-refractivity contribution in [1.82, 2.24) is 9.97 Å². The summed E-state index contributed by atoms with van der Waals surface area (Å²) in [6.07, 6.45) is 0.502. The summed E-state index contributed by atoms with van der Waals surface area (Å²) >= 11 is 5.73. The summed E-state index contributed by atoms with van der Waals surface area (Å²) in [5.74, 6) is 0.471. The highest BCUT2D eigenvalue weighted by Gasteiger charge is 2.52. The SMILES string of the molecule is FC1CCN(c2cnc(C(F)F)c(Cl)n2)C2(CC2)C1. The van der Waals surface area contributed by atoms with E-state index in [1.54, 1.807) is 0 Å². The minimum atomic E-state index is -2.74. The Kier molecular flexibility index (Phi) is 3.08. The Hall–Kier alpha value is -1.04. The number of hydrogen-bond donors (Lipinski definition) is 0. The summed E-state index contributed by atoms with van der Waals surface area (Å²) in [6.45, 7) is 0.528. The van der Waals surface area contributed by atoms with Crippen LogP contribution in [0.4, 0.5) is 19.0 Å². The molecule has 19 heavy (non-hydrogen) atoms. The van der Waals surface area contributed by atoms with Gasteiger partial charge in [0.05, 0.1) is 6.20 Å². The molecule has 1 saturated heterocycles. The molecule has 1 atom stereocenters. The highest BCUT2D eigenvalue weighted by molar-refractivity contribution is 6.30. The number of hydrogen-bond acceptors (Lipinski definition) is 3. The van der Waals surface area contributed by atoms with E-state index in [-0.39, 0.29) is 10.7 Å². The highest BCUT2D eigenvalue weighted by Crippen LogP contribution is 2.50. The molecule has 7 heteroatoms. The first-order valence-electron chi connectivity index (χ1n) is 6.24. The molecule has 3 rings (SSSR count). The van der Waals surface area contributed by atoms with Crippen molar-refractivity contribution in [3.05, 3.63) is 17.0 Å². The van der Waals surface area contributed by atoms with Gasteiger partial charge in [-0.25, -0.2) is 23.1 Å². The Labute approximate surface area is 113 Å². The number of anilines is 1. The second kappa shape index (κ2) is 4.51. The number of piperidine rings is 1. The van der Waals surface area contributed by atoms with Crippen LogP contribution in [0.3, 0.4) is 0 Å². The smallest absolute Gasteiger partial charge is 0.283 e. The van der Waals surface area contributed by atoms with E-state index in [4.69, 9.17) is 11.6 Å². The molecule has 2 heterocycles. The van der Waals surface area contributed by atoms with Gasteiger partial charge in [-0.2, -0.15) is 0 Å². The van der Waals surface area contributed by atoms with Crippen LogP contribution in [-0.4, -0.2) is 28.2 Å². The van der Waals surface area contributed by atoms with Crippen LogP contribution in [-0.2, 0) is 0 Å². The molecule has 0 bridgehead atoms. The standard InChI is InChI=1S/C12H13ClF3N3/c13-10-9(11(15)16)17-6-8(18-10)19-4-1-7(14)5-12(19)2-3-12/h6-7,11H,1-5H2. The molecule has 104 valence electrons. The Bertz CT molecular complexity index is 493.